The van der Waals surface area contributed by atoms with E-state index in [-0.39, 0.29) is 6.42 Å². The van der Waals surface area contributed by atoms with Crippen molar-refractivity contribution in [3.8, 4) is 0 Å². The van der Waals surface area contributed by atoms with E-state index in [1.807, 2.05) is 0 Å². The van der Waals surface area contributed by atoms with Crippen molar-refractivity contribution >= 4 is 34.8 Å². The fraction of sp³-hybridized carbons (Fsp3) is 0.176. The molecule has 3 rings (SSSR count). The van der Waals surface area contributed by atoms with Gasteiger partial charge in [-0.1, -0.05) is 41.4 Å². The fourth-order valence-electron chi connectivity index (χ4n) is 2.62. The van der Waals surface area contributed by atoms with E-state index in [1.54, 1.807) is 55.5 Å². The highest BCUT2D eigenvalue weighted by Crippen LogP contribution is 2.36. The first kappa shape index (κ1) is 16.0. The third-order valence-electron chi connectivity index (χ3n) is 3.69. The lowest BCUT2D eigenvalue weighted by atomic mass is 9.97. The molecular weight excluding hydrogens is 335 g/mol. The van der Waals surface area contributed by atoms with Gasteiger partial charge >= 0.3 is 0 Å². The summed E-state index contributed by atoms with van der Waals surface area (Å²) in [6.45, 7) is 1.77. The second kappa shape index (κ2) is 5.96. The maximum Gasteiger partial charge on any atom is 0.276 e. The van der Waals surface area contributed by atoms with Crippen LogP contribution in [0.15, 0.2) is 53.6 Å². The van der Waals surface area contributed by atoms with Gasteiger partial charge in [0, 0.05) is 33.3 Å². The van der Waals surface area contributed by atoms with Gasteiger partial charge in [0.25, 0.3) is 5.91 Å². The number of aliphatic hydroxyl groups is 1. The number of rotatable bonds is 2. The number of carbonyl (C=O) groups excluding carboxylic acids is 1. The first-order valence-electron chi connectivity index (χ1n) is 7.03. The van der Waals surface area contributed by atoms with Gasteiger partial charge in [-0.25, -0.2) is 0 Å². The highest BCUT2D eigenvalue weighted by atomic mass is 35.5. The number of nitrogens with zero attached hydrogens (tertiary/aromatic N) is 2. The van der Waals surface area contributed by atoms with Gasteiger partial charge < -0.3 is 5.11 Å². The topological polar surface area (TPSA) is 52.9 Å². The van der Waals surface area contributed by atoms with Crippen molar-refractivity contribution in [2.45, 2.75) is 19.1 Å². The van der Waals surface area contributed by atoms with Crippen LogP contribution in [0.25, 0.3) is 0 Å². The molecule has 0 bridgehead atoms. The predicted octanol–water partition coefficient (Wildman–Crippen LogP) is 4.06. The highest BCUT2D eigenvalue weighted by molar-refractivity contribution is 6.31. The van der Waals surface area contributed by atoms with E-state index in [9.17, 15) is 9.90 Å². The summed E-state index contributed by atoms with van der Waals surface area (Å²) in [5, 5.41) is 17.4. The molecule has 4 nitrogen and oxygen atoms in total. The van der Waals surface area contributed by atoms with Gasteiger partial charge in [-0.2, -0.15) is 10.1 Å². The molecule has 0 saturated carbocycles. The van der Waals surface area contributed by atoms with Crippen LogP contribution in [0.2, 0.25) is 10.0 Å². The van der Waals surface area contributed by atoms with E-state index >= 15 is 0 Å². The van der Waals surface area contributed by atoms with Gasteiger partial charge in [0.15, 0.2) is 5.72 Å². The summed E-state index contributed by atoms with van der Waals surface area (Å²) >= 11 is 11.8. The van der Waals surface area contributed by atoms with Crippen LogP contribution in [0.1, 0.15) is 29.3 Å². The molecule has 0 radical (unpaired) electrons. The van der Waals surface area contributed by atoms with Crippen LogP contribution in [-0.2, 0) is 5.72 Å². The Labute approximate surface area is 143 Å². The average molecular weight is 349 g/mol. The van der Waals surface area contributed by atoms with Gasteiger partial charge in [-0.05, 0) is 37.3 Å². The molecule has 0 aromatic heterocycles. The Morgan fingerprint density at radius 2 is 1.87 bits per heavy atom. The molecule has 0 saturated heterocycles. The Bertz CT molecular complexity index is 789. The largest absolute Gasteiger partial charge is 0.365 e. The molecule has 1 atom stereocenters. The fourth-order valence-corrected chi connectivity index (χ4v) is 2.94. The molecule has 2 aromatic rings. The van der Waals surface area contributed by atoms with Crippen LogP contribution >= 0.6 is 23.2 Å². The molecule has 1 aliphatic rings. The smallest absolute Gasteiger partial charge is 0.276 e. The standard InChI is InChI=1S/C17H14Cl2N2O2/c1-11-10-17(23,13-5-7-14(18)8-6-13)21(20-11)16(22)12-3-2-4-15(19)9-12/h2-9,23H,10H2,1H3/t17-/m1/s1. The summed E-state index contributed by atoms with van der Waals surface area (Å²) < 4.78 is 0. The SMILES string of the molecule is CC1=NN(C(=O)c2cccc(Cl)c2)[C@](O)(c2ccc(Cl)cc2)C1. The third-order valence-corrected chi connectivity index (χ3v) is 4.18. The quantitative estimate of drug-likeness (QED) is 0.889. The Hall–Kier alpha value is -1.88. The first-order chi connectivity index (χ1) is 10.9. The van der Waals surface area contributed by atoms with Crippen LogP contribution in [0.3, 0.4) is 0 Å². The van der Waals surface area contributed by atoms with E-state index in [4.69, 9.17) is 23.2 Å². The molecule has 118 valence electrons. The molecule has 0 spiro atoms. The number of benzene rings is 2. The monoisotopic (exact) mass is 348 g/mol. The summed E-state index contributed by atoms with van der Waals surface area (Å²) in [7, 11) is 0. The lowest BCUT2D eigenvalue weighted by Crippen LogP contribution is -2.43. The highest BCUT2D eigenvalue weighted by Gasteiger charge is 2.45. The molecule has 0 unspecified atom stereocenters. The summed E-state index contributed by atoms with van der Waals surface area (Å²) in [6, 6.07) is 13.3. The molecular formula is C17H14Cl2N2O2. The van der Waals surface area contributed by atoms with Crippen LogP contribution in [0, 0.1) is 0 Å². The number of carbonyl (C=O) groups is 1. The van der Waals surface area contributed by atoms with Gasteiger partial charge in [-0.3, -0.25) is 4.79 Å². The van der Waals surface area contributed by atoms with E-state index < -0.39 is 11.6 Å². The number of hydrogen-bond donors (Lipinski definition) is 1. The zero-order valence-electron chi connectivity index (χ0n) is 12.3. The van der Waals surface area contributed by atoms with Gasteiger partial charge in [0.05, 0.1) is 0 Å². The average Bonchev–Trinajstić information content (AvgIpc) is 2.83. The Morgan fingerprint density at radius 1 is 1.17 bits per heavy atom. The van der Waals surface area contributed by atoms with Crippen LogP contribution in [-0.4, -0.2) is 21.7 Å². The van der Waals surface area contributed by atoms with E-state index in [2.05, 4.69) is 5.10 Å². The minimum absolute atomic E-state index is 0.237. The van der Waals surface area contributed by atoms with Crippen molar-refractivity contribution in [2.24, 2.45) is 5.10 Å². The summed E-state index contributed by atoms with van der Waals surface area (Å²) in [5.74, 6) is -0.415. The lowest BCUT2D eigenvalue weighted by molar-refractivity contribution is -0.0765. The van der Waals surface area contributed by atoms with Crippen molar-refractivity contribution in [2.75, 3.05) is 0 Å². The Morgan fingerprint density at radius 3 is 2.52 bits per heavy atom. The molecule has 0 fully saturated rings. The number of hydrogen-bond acceptors (Lipinski definition) is 3. The third kappa shape index (κ3) is 2.98. The second-order valence-corrected chi connectivity index (χ2v) is 6.34. The summed E-state index contributed by atoms with van der Waals surface area (Å²) in [5.41, 5.74) is 0.0488. The van der Waals surface area contributed by atoms with Gasteiger partial charge in [0.1, 0.15) is 0 Å². The Kier molecular flexibility index (Phi) is 4.15. The van der Waals surface area contributed by atoms with E-state index in [0.29, 0.717) is 26.9 Å². The lowest BCUT2D eigenvalue weighted by Gasteiger charge is -2.31. The molecule has 1 heterocycles. The van der Waals surface area contributed by atoms with Crippen LogP contribution in [0.4, 0.5) is 0 Å². The normalized spacial score (nSPS) is 20.5. The Balaban J connectivity index is 2.01. The van der Waals surface area contributed by atoms with Crippen LogP contribution in [0.5, 0.6) is 0 Å². The van der Waals surface area contributed by atoms with Gasteiger partial charge in [0.2, 0.25) is 0 Å². The van der Waals surface area contributed by atoms with E-state index in [1.165, 1.54) is 0 Å². The predicted molar refractivity (Wildman–Crippen MR) is 90.7 cm³/mol. The van der Waals surface area contributed by atoms with Crippen molar-refractivity contribution in [1.29, 1.82) is 0 Å². The van der Waals surface area contributed by atoms with E-state index in [0.717, 1.165) is 5.01 Å². The second-order valence-electron chi connectivity index (χ2n) is 5.46. The van der Waals surface area contributed by atoms with Crippen molar-refractivity contribution < 1.29 is 9.90 Å². The summed E-state index contributed by atoms with van der Waals surface area (Å²) in [4.78, 5) is 12.8. The summed E-state index contributed by atoms with van der Waals surface area (Å²) in [6.07, 6.45) is 0.237. The molecule has 1 aliphatic heterocycles. The maximum atomic E-state index is 12.8. The van der Waals surface area contributed by atoms with Crippen molar-refractivity contribution in [1.82, 2.24) is 5.01 Å². The molecule has 1 N–H and O–H groups in total. The molecule has 23 heavy (non-hydrogen) atoms. The van der Waals surface area contributed by atoms with Gasteiger partial charge in [-0.15, -0.1) is 0 Å². The molecule has 1 amide bonds. The number of hydrazone groups is 1. The number of amides is 1. The minimum Gasteiger partial charge on any atom is -0.365 e. The number of halogens is 2. The molecule has 0 aliphatic carbocycles. The molecule has 6 heteroatoms. The van der Waals surface area contributed by atoms with Crippen LogP contribution < -0.4 is 0 Å². The first-order valence-corrected chi connectivity index (χ1v) is 7.78. The van der Waals surface area contributed by atoms with Crippen molar-refractivity contribution in [3.05, 3.63) is 69.7 Å². The maximum absolute atomic E-state index is 12.8. The zero-order chi connectivity index (χ0) is 16.6. The molecule has 2 aromatic carbocycles. The minimum atomic E-state index is -1.53. The van der Waals surface area contributed by atoms with Crippen molar-refractivity contribution in [3.63, 3.8) is 0 Å². The zero-order valence-corrected chi connectivity index (χ0v) is 13.8.